The van der Waals surface area contributed by atoms with Crippen LogP contribution in [0.15, 0.2) is 0 Å². The molecule has 5 heteroatoms. The smallest absolute Gasteiger partial charge is 0.332 e. The summed E-state index contributed by atoms with van der Waals surface area (Å²) in [4.78, 5) is 15.8. The lowest BCUT2D eigenvalue weighted by molar-refractivity contribution is -0.148. The quantitative estimate of drug-likeness (QED) is 0.515. The van der Waals surface area contributed by atoms with Crippen molar-refractivity contribution in [2.45, 2.75) is 26.3 Å². The minimum atomic E-state index is -0.281. The molecule has 5 nitrogen and oxygen atoms in total. The number of hydrogen-bond donors (Lipinski definition) is 0. The molecule has 1 aliphatic heterocycles. The Kier molecular flexibility index (Phi) is 6.05. The minimum absolute atomic E-state index is 0.0605. The summed E-state index contributed by atoms with van der Waals surface area (Å²) in [6.07, 6.45) is 0. The molecule has 0 aromatic heterocycles. The molecule has 1 saturated heterocycles. The van der Waals surface area contributed by atoms with E-state index in [2.05, 4.69) is 30.7 Å². The van der Waals surface area contributed by atoms with Crippen molar-refractivity contribution < 1.29 is 14.3 Å². The van der Waals surface area contributed by atoms with Gasteiger partial charge in [0.1, 0.15) is 6.61 Å². The largest absolute Gasteiger partial charge is 0.464 e. The first-order valence-corrected chi connectivity index (χ1v) is 6.62. The third-order valence-electron chi connectivity index (χ3n) is 3.47. The van der Waals surface area contributed by atoms with E-state index in [1.54, 1.807) is 6.92 Å². The zero-order valence-electron chi connectivity index (χ0n) is 12.1. The summed E-state index contributed by atoms with van der Waals surface area (Å²) in [5, 5.41) is 0. The molecule has 0 spiro atoms. The van der Waals surface area contributed by atoms with E-state index in [-0.39, 0.29) is 18.1 Å². The van der Waals surface area contributed by atoms with Crippen molar-refractivity contribution in [2.75, 3.05) is 53.0 Å². The third kappa shape index (κ3) is 4.92. The highest BCUT2D eigenvalue weighted by atomic mass is 16.6. The van der Waals surface area contributed by atoms with E-state index >= 15 is 0 Å². The van der Waals surface area contributed by atoms with Gasteiger partial charge in [0.05, 0.1) is 13.2 Å². The minimum Gasteiger partial charge on any atom is -0.464 e. The van der Waals surface area contributed by atoms with Crippen molar-refractivity contribution in [1.29, 1.82) is 0 Å². The van der Waals surface area contributed by atoms with Gasteiger partial charge in [-0.2, -0.15) is 0 Å². The number of likely N-dealkylation sites (N-methyl/N-ethyl adjacent to an activating group) is 1. The monoisotopic (exact) mass is 258 g/mol. The van der Waals surface area contributed by atoms with Crippen LogP contribution in [0.2, 0.25) is 0 Å². The predicted molar refractivity (Wildman–Crippen MR) is 70.6 cm³/mol. The van der Waals surface area contributed by atoms with Gasteiger partial charge in [0.2, 0.25) is 0 Å². The van der Waals surface area contributed by atoms with Gasteiger partial charge in [-0.15, -0.1) is 0 Å². The molecule has 1 rings (SSSR count). The molecule has 1 heterocycles. The summed E-state index contributed by atoms with van der Waals surface area (Å²) in [7, 11) is 2.16. The first-order chi connectivity index (χ1) is 8.45. The molecule has 0 N–H and O–H groups in total. The number of piperazine rings is 1. The fourth-order valence-corrected chi connectivity index (χ4v) is 2.08. The van der Waals surface area contributed by atoms with E-state index < -0.39 is 0 Å². The molecule has 1 fully saturated rings. The van der Waals surface area contributed by atoms with Crippen molar-refractivity contribution in [1.82, 2.24) is 9.80 Å². The van der Waals surface area contributed by atoms with Gasteiger partial charge in [0.25, 0.3) is 0 Å². The van der Waals surface area contributed by atoms with Crippen molar-refractivity contribution in [3.8, 4) is 0 Å². The van der Waals surface area contributed by atoms with Gasteiger partial charge < -0.3 is 9.47 Å². The normalized spacial score (nSPS) is 20.9. The first-order valence-electron chi connectivity index (χ1n) is 6.62. The average molecular weight is 258 g/mol. The Labute approximate surface area is 110 Å². The summed E-state index contributed by atoms with van der Waals surface area (Å²) in [5.41, 5.74) is 0.208. The van der Waals surface area contributed by atoms with Crippen LogP contribution >= 0.6 is 0 Å². The number of nitrogens with zero attached hydrogens (tertiary/aromatic N) is 2. The summed E-state index contributed by atoms with van der Waals surface area (Å²) in [6.45, 7) is 11.4. The molecule has 0 unspecified atom stereocenters. The topological polar surface area (TPSA) is 42.0 Å². The van der Waals surface area contributed by atoms with E-state index in [0.717, 1.165) is 26.2 Å². The van der Waals surface area contributed by atoms with Crippen LogP contribution in [-0.2, 0) is 14.3 Å². The Morgan fingerprint density at radius 3 is 2.67 bits per heavy atom. The lowest BCUT2D eigenvalue weighted by Crippen LogP contribution is -2.58. The highest BCUT2D eigenvalue weighted by Crippen LogP contribution is 2.18. The fraction of sp³-hybridized carbons (Fsp3) is 0.923. The lowest BCUT2D eigenvalue weighted by Gasteiger charge is -2.45. The fourth-order valence-electron chi connectivity index (χ4n) is 2.08. The van der Waals surface area contributed by atoms with E-state index in [0.29, 0.717) is 13.2 Å². The second-order valence-corrected chi connectivity index (χ2v) is 5.37. The Hall–Kier alpha value is -0.650. The Morgan fingerprint density at radius 1 is 1.33 bits per heavy atom. The molecule has 106 valence electrons. The van der Waals surface area contributed by atoms with Crippen molar-refractivity contribution in [3.63, 3.8) is 0 Å². The van der Waals surface area contributed by atoms with Crippen LogP contribution in [0.3, 0.4) is 0 Å². The highest BCUT2D eigenvalue weighted by molar-refractivity contribution is 5.70. The van der Waals surface area contributed by atoms with Crippen LogP contribution < -0.4 is 0 Å². The summed E-state index contributed by atoms with van der Waals surface area (Å²) in [5.74, 6) is -0.281. The van der Waals surface area contributed by atoms with E-state index in [4.69, 9.17) is 9.47 Å². The number of carbonyl (C=O) groups excluding carboxylic acids is 1. The predicted octanol–water partition coefficient (Wildman–Crippen LogP) is 0.592. The summed E-state index contributed by atoms with van der Waals surface area (Å²) < 4.78 is 10.1. The molecule has 0 saturated carbocycles. The van der Waals surface area contributed by atoms with Crippen molar-refractivity contribution in [3.05, 3.63) is 0 Å². The highest BCUT2D eigenvalue weighted by Gasteiger charge is 2.30. The number of ether oxygens (including phenoxy) is 2. The molecule has 1 aliphatic rings. The van der Waals surface area contributed by atoms with Crippen molar-refractivity contribution >= 4 is 5.97 Å². The molecule has 0 radical (unpaired) electrons. The molecule has 0 aromatic carbocycles. The standard InChI is InChI=1S/C13H26N2O3/c1-5-18-12(16)10-17-9-8-15-7-6-14(4)13(2,3)11-15/h5-11H2,1-4H3. The molecule has 0 bridgehead atoms. The SMILES string of the molecule is CCOC(=O)COCCN1CCN(C)C(C)(C)C1. The van der Waals surface area contributed by atoms with E-state index in [1.165, 1.54) is 0 Å². The van der Waals surface area contributed by atoms with Crippen LogP contribution in [0.25, 0.3) is 0 Å². The van der Waals surface area contributed by atoms with Crippen LogP contribution in [0, 0.1) is 0 Å². The number of hydrogen-bond acceptors (Lipinski definition) is 5. The Morgan fingerprint density at radius 2 is 2.06 bits per heavy atom. The number of carbonyl (C=O) groups is 1. The van der Waals surface area contributed by atoms with Gasteiger partial charge in [-0.05, 0) is 27.8 Å². The summed E-state index contributed by atoms with van der Waals surface area (Å²) >= 11 is 0. The second kappa shape index (κ2) is 7.07. The molecule has 18 heavy (non-hydrogen) atoms. The maximum Gasteiger partial charge on any atom is 0.332 e. The third-order valence-corrected chi connectivity index (χ3v) is 3.47. The number of rotatable bonds is 6. The van der Waals surface area contributed by atoms with Gasteiger partial charge in [0, 0.05) is 31.7 Å². The maximum absolute atomic E-state index is 11.1. The van der Waals surface area contributed by atoms with Gasteiger partial charge in [-0.1, -0.05) is 0 Å². The molecular weight excluding hydrogens is 232 g/mol. The number of esters is 1. The van der Waals surface area contributed by atoms with Crippen molar-refractivity contribution in [2.24, 2.45) is 0 Å². The Balaban J connectivity index is 2.15. The average Bonchev–Trinajstić information content (AvgIpc) is 2.29. The molecule has 0 aromatic rings. The van der Waals surface area contributed by atoms with E-state index in [9.17, 15) is 4.79 Å². The second-order valence-electron chi connectivity index (χ2n) is 5.37. The maximum atomic E-state index is 11.1. The van der Waals surface area contributed by atoms with Gasteiger partial charge in [-0.3, -0.25) is 9.80 Å². The Bertz CT molecular complexity index is 269. The van der Waals surface area contributed by atoms with Gasteiger partial charge in [-0.25, -0.2) is 4.79 Å². The van der Waals surface area contributed by atoms with E-state index in [1.807, 2.05) is 0 Å². The molecular formula is C13H26N2O3. The molecule has 0 aliphatic carbocycles. The van der Waals surface area contributed by atoms with Crippen LogP contribution in [0.4, 0.5) is 0 Å². The molecule has 0 atom stereocenters. The zero-order valence-corrected chi connectivity index (χ0v) is 12.1. The van der Waals surface area contributed by atoms with Gasteiger partial charge >= 0.3 is 5.97 Å². The zero-order chi connectivity index (χ0) is 13.6. The van der Waals surface area contributed by atoms with Crippen LogP contribution in [-0.4, -0.2) is 74.4 Å². The lowest BCUT2D eigenvalue weighted by atomic mass is 10.00. The van der Waals surface area contributed by atoms with Crippen LogP contribution in [0.5, 0.6) is 0 Å². The van der Waals surface area contributed by atoms with Gasteiger partial charge in [0.15, 0.2) is 0 Å². The first kappa shape index (κ1) is 15.4. The molecule has 0 amide bonds. The van der Waals surface area contributed by atoms with Crippen LogP contribution in [0.1, 0.15) is 20.8 Å². The summed E-state index contributed by atoms with van der Waals surface area (Å²) in [6, 6.07) is 0.